The van der Waals surface area contributed by atoms with E-state index in [2.05, 4.69) is 0 Å². The van der Waals surface area contributed by atoms with Crippen molar-refractivity contribution < 1.29 is 22.1 Å². The van der Waals surface area contributed by atoms with Crippen LogP contribution in [0.1, 0.15) is 10.4 Å². The maximum Gasteiger partial charge on any atom is 0.339 e. The molecule has 2 aromatic carbocycles. The van der Waals surface area contributed by atoms with E-state index in [0.717, 1.165) is 0 Å². The second-order valence-corrected chi connectivity index (χ2v) is 5.45. The van der Waals surface area contributed by atoms with E-state index in [9.17, 15) is 13.2 Å². The molecule has 0 unspecified atom stereocenters. The van der Waals surface area contributed by atoms with Crippen molar-refractivity contribution in [2.45, 2.75) is 4.90 Å². The van der Waals surface area contributed by atoms with Crippen LogP contribution < -0.4 is 8.92 Å². The standard InChI is InChI=1S/C14H12O5S/c1-18-12-4-6-13(7-5-12)19-20(16,17)14-8-2-11(10-15)3-9-14/h2-10H,1H3. The van der Waals surface area contributed by atoms with Gasteiger partial charge in [-0.3, -0.25) is 4.79 Å². The summed E-state index contributed by atoms with van der Waals surface area (Å²) in [6.45, 7) is 0. The number of rotatable bonds is 5. The van der Waals surface area contributed by atoms with Gasteiger partial charge < -0.3 is 8.92 Å². The highest BCUT2D eigenvalue weighted by Crippen LogP contribution is 2.21. The van der Waals surface area contributed by atoms with Crippen molar-refractivity contribution in [3.8, 4) is 11.5 Å². The van der Waals surface area contributed by atoms with Gasteiger partial charge in [-0.25, -0.2) is 0 Å². The fourth-order valence-corrected chi connectivity index (χ4v) is 2.45. The van der Waals surface area contributed by atoms with E-state index < -0.39 is 10.1 Å². The normalized spacial score (nSPS) is 10.8. The van der Waals surface area contributed by atoms with Crippen molar-refractivity contribution in [1.82, 2.24) is 0 Å². The van der Waals surface area contributed by atoms with Crippen LogP contribution >= 0.6 is 0 Å². The second-order valence-electron chi connectivity index (χ2n) is 3.90. The third kappa shape index (κ3) is 3.16. The highest BCUT2D eigenvalue weighted by atomic mass is 32.2. The molecule has 0 fully saturated rings. The Bertz CT molecular complexity index is 687. The number of ether oxygens (including phenoxy) is 1. The van der Waals surface area contributed by atoms with E-state index in [1.165, 1.54) is 43.5 Å². The average Bonchev–Trinajstić information content (AvgIpc) is 2.48. The summed E-state index contributed by atoms with van der Waals surface area (Å²) in [7, 11) is -2.40. The number of carbonyl (C=O) groups excluding carboxylic acids is 1. The SMILES string of the molecule is COc1ccc(OS(=O)(=O)c2ccc(C=O)cc2)cc1. The van der Waals surface area contributed by atoms with Crippen molar-refractivity contribution in [1.29, 1.82) is 0 Å². The Kier molecular flexibility index (Phi) is 4.05. The summed E-state index contributed by atoms with van der Waals surface area (Å²) in [5.74, 6) is 0.787. The van der Waals surface area contributed by atoms with Crippen LogP contribution in [0.25, 0.3) is 0 Å². The topological polar surface area (TPSA) is 69.7 Å². The average molecular weight is 292 g/mol. The van der Waals surface area contributed by atoms with Gasteiger partial charge >= 0.3 is 10.1 Å². The zero-order valence-electron chi connectivity index (χ0n) is 10.6. The van der Waals surface area contributed by atoms with Crippen molar-refractivity contribution in [2.24, 2.45) is 0 Å². The fourth-order valence-electron chi connectivity index (χ4n) is 1.52. The molecule has 2 aromatic rings. The van der Waals surface area contributed by atoms with Gasteiger partial charge in [-0.05, 0) is 36.4 Å². The molecule has 5 nitrogen and oxygen atoms in total. The molecule has 0 aromatic heterocycles. The third-order valence-corrected chi connectivity index (χ3v) is 3.83. The Hall–Kier alpha value is -2.34. The Balaban J connectivity index is 2.22. The first-order chi connectivity index (χ1) is 9.55. The van der Waals surface area contributed by atoms with Crippen LogP contribution in [-0.4, -0.2) is 21.8 Å². The molecule has 104 valence electrons. The number of benzene rings is 2. The first-order valence-corrected chi connectivity index (χ1v) is 7.10. The zero-order chi connectivity index (χ0) is 14.6. The predicted octanol–water partition coefficient (Wildman–Crippen LogP) is 2.28. The number of hydrogen-bond acceptors (Lipinski definition) is 5. The maximum atomic E-state index is 12.0. The highest BCUT2D eigenvalue weighted by molar-refractivity contribution is 7.87. The van der Waals surface area contributed by atoms with Crippen LogP contribution in [0.4, 0.5) is 0 Å². The van der Waals surface area contributed by atoms with Crippen molar-refractivity contribution in [2.75, 3.05) is 7.11 Å². The Morgan fingerprint density at radius 2 is 1.45 bits per heavy atom. The summed E-state index contributed by atoms with van der Waals surface area (Å²) in [6, 6.07) is 11.7. The van der Waals surface area contributed by atoms with E-state index >= 15 is 0 Å². The fraction of sp³-hybridized carbons (Fsp3) is 0.0714. The van der Waals surface area contributed by atoms with Crippen LogP contribution in [0.2, 0.25) is 0 Å². The van der Waals surface area contributed by atoms with Crippen LogP contribution in [0.3, 0.4) is 0 Å². The predicted molar refractivity (Wildman–Crippen MR) is 72.6 cm³/mol. The molecule has 20 heavy (non-hydrogen) atoms. The van der Waals surface area contributed by atoms with Crippen molar-refractivity contribution >= 4 is 16.4 Å². The van der Waals surface area contributed by atoms with Gasteiger partial charge in [-0.1, -0.05) is 12.1 Å². The molecule has 6 heteroatoms. The minimum atomic E-state index is -3.91. The summed E-state index contributed by atoms with van der Waals surface area (Å²) >= 11 is 0. The van der Waals surface area contributed by atoms with Crippen LogP contribution in [0.5, 0.6) is 11.5 Å². The maximum absolute atomic E-state index is 12.0. The van der Waals surface area contributed by atoms with E-state index in [1.807, 2.05) is 0 Å². The van der Waals surface area contributed by atoms with E-state index in [4.69, 9.17) is 8.92 Å². The monoisotopic (exact) mass is 292 g/mol. The smallest absolute Gasteiger partial charge is 0.339 e. The lowest BCUT2D eigenvalue weighted by Gasteiger charge is -2.07. The van der Waals surface area contributed by atoms with E-state index in [-0.39, 0.29) is 10.6 Å². The first-order valence-electron chi connectivity index (χ1n) is 5.69. The zero-order valence-corrected chi connectivity index (χ0v) is 11.5. The molecule has 0 atom stereocenters. The summed E-state index contributed by atoms with van der Waals surface area (Å²) in [6.07, 6.45) is 0.640. The number of hydrogen-bond donors (Lipinski definition) is 0. The van der Waals surface area contributed by atoms with Gasteiger partial charge in [0, 0.05) is 5.56 Å². The van der Waals surface area contributed by atoms with Gasteiger partial charge in [0.15, 0.2) is 0 Å². The van der Waals surface area contributed by atoms with Gasteiger partial charge in [-0.2, -0.15) is 8.42 Å². The molecule has 0 saturated heterocycles. The van der Waals surface area contributed by atoms with Gasteiger partial charge in [0.1, 0.15) is 22.7 Å². The molecule has 0 saturated carbocycles. The second kappa shape index (κ2) is 5.75. The quantitative estimate of drug-likeness (QED) is 0.624. The van der Waals surface area contributed by atoms with Crippen molar-refractivity contribution in [3.63, 3.8) is 0 Å². The molecule has 0 aliphatic carbocycles. The van der Waals surface area contributed by atoms with Gasteiger partial charge in [0.05, 0.1) is 7.11 Å². The Morgan fingerprint density at radius 1 is 0.900 bits per heavy atom. The van der Waals surface area contributed by atoms with Crippen LogP contribution in [0, 0.1) is 0 Å². The lowest BCUT2D eigenvalue weighted by atomic mass is 10.2. The van der Waals surface area contributed by atoms with Gasteiger partial charge in [0.2, 0.25) is 0 Å². The van der Waals surface area contributed by atoms with E-state index in [0.29, 0.717) is 17.6 Å². The first kappa shape index (κ1) is 14.1. The molecular weight excluding hydrogens is 280 g/mol. The molecule has 0 aliphatic heterocycles. The number of methoxy groups -OCH3 is 1. The molecular formula is C14H12O5S. The molecule has 0 radical (unpaired) electrons. The molecule has 0 heterocycles. The molecule has 2 rings (SSSR count). The largest absolute Gasteiger partial charge is 0.497 e. The van der Waals surface area contributed by atoms with Crippen LogP contribution in [-0.2, 0) is 10.1 Å². The lowest BCUT2D eigenvalue weighted by Crippen LogP contribution is -2.09. The third-order valence-electron chi connectivity index (χ3n) is 2.57. The summed E-state index contributed by atoms with van der Waals surface area (Å²) in [5, 5.41) is 0. The lowest BCUT2D eigenvalue weighted by molar-refractivity contribution is 0.112. The van der Waals surface area contributed by atoms with Crippen molar-refractivity contribution in [3.05, 3.63) is 54.1 Å². The molecule has 0 amide bonds. The summed E-state index contributed by atoms with van der Waals surface area (Å²) < 4.78 is 34.0. The Labute approximate surface area is 116 Å². The number of aldehydes is 1. The Morgan fingerprint density at radius 3 is 1.95 bits per heavy atom. The molecule has 0 spiro atoms. The number of carbonyl (C=O) groups is 1. The minimum Gasteiger partial charge on any atom is -0.497 e. The molecule has 0 bridgehead atoms. The van der Waals surface area contributed by atoms with Gasteiger partial charge in [0.25, 0.3) is 0 Å². The molecule has 0 aliphatic rings. The summed E-state index contributed by atoms with van der Waals surface area (Å²) in [5.41, 5.74) is 0.397. The van der Waals surface area contributed by atoms with Gasteiger partial charge in [-0.15, -0.1) is 0 Å². The molecule has 0 N–H and O–H groups in total. The highest BCUT2D eigenvalue weighted by Gasteiger charge is 2.16. The summed E-state index contributed by atoms with van der Waals surface area (Å²) in [4.78, 5) is 10.5. The van der Waals surface area contributed by atoms with E-state index in [1.54, 1.807) is 12.1 Å². The van der Waals surface area contributed by atoms with Crippen LogP contribution in [0.15, 0.2) is 53.4 Å². The minimum absolute atomic E-state index is 0.0149.